The summed E-state index contributed by atoms with van der Waals surface area (Å²) in [4.78, 5) is 31.8. The first-order valence-electron chi connectivity index (χ1n) is 10.3. The molecule has 1 aromatic heterocycles. The third-order valence-electron chi connectivity index (χ3n) is 5.43. The molecule has 0 aliphatic heterocycles. The van der Waals surface area contributed by atoms with Crippen LogP contribution in [0.5, 0.6) is 0 Å². The van der Waals surface area contributed by atoms with Crippen LogP contribution in [0.25, 0.3) is 0 Å². The van der Waals surface area contributed by atoms with Gasteiger partial charge in [-0.05, 0) is 30.9 Å². The first kappa shape index (κ1) is 21.3. The van der Waals surface area contributed by atoms with Gasteiger partial charge in [0, 0.05) is 30.5 Å². The molecule has 0 unspecified atom stereocenters. The summed E-state index contributed by atoms with van der Waals surface area (Å²) in [6.07, 6.45) is 9.41. The van der Waals surface area contributed by atoms with Crippen LogP contribution in [0.2, 0.25) is 0 Å². The molecule has 2 aromatic rings. The van der Waals surface area contributed by atoms with Gasteiger partial charge in [-0.1, -0.05) is 55.7 Å². The smallest absolute Gasteiger partial charge is 0.247 e. The second-order valence-corrected chi connectivity index (χ2v) is 7.76. The number of nitrogens with one attached hydrogen (secondary N) is 1. The number of hydrogen-bond acceptors (Lipinski definition) is 3. The Hall–Kier alpha value is -2.40. The maximum absolute atomic E-state index is 13.3. The van der Waals surface area contributed by atoms with Crippen LogP contribution in [-0.2, 0) is 16.0 Å². The van der Waals surface area contributed by atoms with Crippen molar-refractivity contribution >= 4 is 23.4 Å². The van der Waals surface area contributed by atoms with Gasteiger partial charge in [-0.15, -0.1) is 11.6 Å². The molecule has 6 heteroatoms. The molecule has 2 amide bonds. The van der Waals surface area contributed by atoms with E-state index in [1.54, 1.807) is 23.4 Å². The molecule has 1 N–H and O–H groups in total. The number of halogens is 1. The fraction of sp³-hybridized carbons (Fsp3) is 0.435. The van der Waals surface area contributed by atoms with Gasteiger partial charge in [0.1, 0.15) is 11.9 Å². The Labute approximate surface area is 177 Å². The van der Waals surface area contributed by atoms with Crippen molar-refractivity contribution in [2.45, 2.75) is 50.6 Å². The first-order valence-corrected chi connectivity index (χ1v) is 10.8. The van der Waals surface area contributed by atoms with Crippen molar-refractivity contribution in [3.05, 3.63) is 66.0 Å². The second-order valence-electron chi connectivity index (χ2n) is 7.49. The summed E-state index contributed by atoms with van der Waals surface area (Å²) in [5, 5.41) is 3.17. The van der Waals surface area contributed by atoms with E-state index in [1.807, 2.05) is 36.4 Å². The van der Waals surface area contributed by atoms with Crippen molar-refractivity contribution in [2.75, 3.05) is 12.4 Å². The second kappa shape index (κ2) is 11.0. The van der Waals surface area contributed by atoms with Crippen molar-refractivity contribution < 1.29 is 9.59 Å². The van der Waals surface area contributed by atoms with Crippen LogP contribution < -0.4 is 5.32 Å². The molecule has 3 rings (SSSR count). The van der Waals surface area contributed by atoms with Crippen LogP contribution in [0.4, 0.5) is 0 Å². The van der Waals surface area contributed by atoms with Crippen LogP contribution in [-0.4, -0.2) is 40.2 Å². The maximum Gasteiger partial charge on any atom is 0.247 e. The lowest BCUT2D eigenvalue weighted by atomic mass is 9.94. The molecule has 1 aliphatic rings. The average Bonchev–Trinajstić information content (AvgIpc) is 2.78. The van der Waals surface area contributed by atoms with Gasteiger partial charge < -0.3 is 10.2 Å². The van der Waals surface area contributed by atoms with E-state index in [0.717, 1.165) is 31.2 Å². The fourth-order valence-electron chi connectivity index (χ4n) is 3.91. The molecule has 1 aliphatic carbocycles. The lowest BCUT2D eigenvalue weighted by Crippen LogP contribution is -2.48. The van der Waals surface area contributed by atoms with Crippen molar-refractivity contribution in [2.24, 2.45) is 0 Å². The highest BCUT2D eigenvalue weighted by atomic mass is 35.5. The standard InChI is InChI=1S/C23H28ClN3O2/c24-16-21(28)27(15-13-18-8-3-1-4-9-18)22(19-10-7-14-25-17-19)23(29)26-20-11-5-2-6-12-20/h1,3-4,7-10,14,17,20,22H,2,5-6,11-13,15-16H2,(H,26,29)/t22-/m1/s1. The summed E-state index contributed by atoms with van der Waals surface area (Å²) >= 11 is 5.92. The number of alkyl halides is 1. The third kappa shape index (κ3) is 6.04. The van der Waals surface area contributed by atoms with E-state index >= 15 is 0 Å². The summed E-state index contributed by atoms with van der Waals surface area (Å²) in [5.74, 6) is -0.575. The van der Waals surface area contributed by atoms with E-state index in [0.29, 0.717) is 18.5 Å². The van der Waals surface area contributed by atoms with Gasteiger partial charge >= 0.3 is 0 Å². The van der Waals surface area contributed by atoms with Crippen molar-refractivity contribution in [1.29, 1.82) is 0 Å². The number of amides is 2. The number of carbonyl (C=O) groups is 2. The Morgan fingerprint density at radius 1 is 1.10 bits per heavy atom. The Morgan fingerprint density at radius 3 is 2.52 bits per heavy atom. The minimum Gasteiger partial charge on any atom is -0.351 e. The third-order valence-corrected chi connectivity index (χ3v) is 5.66. The molecule has 1 aromatic carbocycles. The largest absolute Gasteiger partial charge is 0.351 e. The van der Waals surface area contributed by atoms with E-state index in [4.69, 9.17) is 11.6 Å². The molecule has 1 heterocycles. The number of rotatable bonds is 8. The van der Waals surface area contributed by atoms with Gasteiger partial charge in [-0.2, -0.15) is 0 Å². The molecule has 0 bridgehead atoms. The minimum absolute atomic E-state index is 0.156. The molecular formula is C23H28ClN3O2. The molecule has 1 saturated carbocycles. The Kier molecular flexibility index (Phi) is 8.05. The summed E-state index contributed by atoms with van der Waals surface area (Å²) in [6.45, 7) is 0.410. The predicted octanol–water partition coefficient (Wildman–Crippen LogP) is 3.88. The SMILES string of the molecule is O=C(NC1CCCCC1)[C@@H](c1cccnc1)N(CCc1ccccc1)C(=O)CCl. The van der Waals surface area contributed by atoms with Gasteiger partial charge in [0.25, 0.3) is 0 Å². The van der Waals surface area contributed by atoms with Crippen LogP contribution in [0.1, 0.15) is 49.3 Å². The Morgan fingerprint density at radius 2 is 1.86 bits per heavy atom. The number of aromatic nitrogens is 1. The van der Waals surface area contributed by atoms with Crippen LogP contribution in [0, 0.1) is 0 Å². The molecule has 0 radical (unpaired) electrons. The maximum atomic E-state index is 13.3. The van der Waals surface area contributed by atoms with E-state index in [1.165, 1.54) is 6.42 Å². The van der Waals surface area contributed by atoms with Crippen molar-refractivity contribution in [3.63, 3.8) is 0 Å². The van der Waals surface area contributed by atoms with E-state index < -0.39 is 6.04 Å². The zero-order valence-corrected chi connectivity index (χ0v) is 17.4. The Bertz CT molecular complexity index is 779. The number of carbonyl (C=O) groups excluding carboxylic acids is 2. The summed E-state index contributed by atoms with van der Waals surface area (Å²) < 4.78 is 0. The number of benzene rings is 1. The Balaban J connectivity index is 1.83. The highest BCUT2D eigenvalue weighted by Gasteiger charge is 2.32. The number of nitrogens with zero attached hydrogens (tertiary/aromatic N) is 2. The normalized spacial score (nSPS) is 15.5. The van der Waals surface area contributed by atoms with Gasteiger partial charge in [0.05, 0.1) is 0 Å². The highest BCUT2D eigenvalue weighted by molar-refractivity contribution is 6.27. The van der Waals surface area contributed by atoms with E-state index in [2.05, 4.69) is 10.3 Å². The molecule has 1 fully saturated rings. The number of pyridine rings is 1. The highest BCUT2D eigenvalue weighted by Crippen LogP contribution is 2.24. The number of hydrogen-bond donors (Lipinski definition) is 1. The van der Waals surface area contributed by atoms with Gasteiger partial charge in [-0.3, -0.25) is 14.6 Å². The zero-order valence-electron chi connectivity index (χ0n) is 16.6. The monoisotopic (exact) mass is 413 g/mol. The van der Waals surface area contributed by atoms with E-state index in [-0.39, 0.29) is 23.7 Å². The minimum atomic E-state index is -0.736. The van der Waals surface area contributed by atoms with Crippen molar-refractivity contribution in [1.82, 2.24) is 15.2 Å². The molecule has 5 nitrogen and oxygen atoms in total. The quantitative estimate of drug-likeness (QED) is 0.668. The van der Waals surface area contributed by atoms with Gasteiger partial charge in [0.2, 0.25) is 11.8 Å². The van der Waals surface area contributed by atoms with Crippen molar-refractivity contribution in [3.8, 4) is 0 Å². The summed E-state index contributed by atoms with van der Waals surface area (Å²) in [7, 11) is 0. The lowest BCUT2D eigenvalue weighted by molar-refractivity contribution is -0.139. The zero-order chi connectivity index (χ0) is 20.5. The summed E-state index contributed by atoms with van der Waals surface area (Å²) in [6, 6.07) is 13.0. The topological polar surface area (TPSA) is 62.3 Å². The van der Waals surface area contributed by atoms with Crippen LogP contribution in [0.15, 0.2) is 54.9 Å². The van der Waals surface area contributed by atoms with Gasteiger partial charge in [0.15, 0.2) is 0 Å². The molecule has 1 atom stereocenters. The molecule has 154 valence electrons. The first-order chi connectivity index (χ1) is 14.2. The van der Waals surface area contributed by atoms with Crippen LogP contribution >= 0.6 is 11.6 Å². The van der Waals surface area contributed by atoms with E-state index in [9.17, 15) is 9.59 Å². The molecule has 0 saturated heterocycles. The molecule has 29 heavy (non-hydrogen) atoms. The fourth-order valence-corrected chi connectivity index (χ4v) is 4.06. The van der Waals surface area contributed by atoms with Crippen LogP contribution in [0.3, 0.4) is 0 Å². The lowest BCUT2D eigenvalue weighted by Gasteiger charge is -2.33. The van der Waals surface area contributed by atoms with Gasteiger partial charge in [-0.25, -0.2) is 0 Å². The molecule has 0 spiro atoms. The average molecular weight is 414 g/mol. The predicted molar refractivity (Wildman–Crippen MR) is 115 cm³/mol. The molecular weight excluding hydrogens is 386 g/mol. The summed E-state index contributed by atoms with van der Waals surface area (Å²) in [5.41, 5.74) is 1.81.